The van der Waals surface area contributed by atoms with E-state index in [1.165, 1.54) is 12.8 Å². The third-order valence-corrected chi connectivity index (χ3v) is 6.24. The molecule has 1 aromatic heterocycles. The molecule has 0 bridgehead atoms. The topological polar surface area (TPSA) is 69.3 Å². The number of aromatic hydroxyl groups is 1. The van der Waals surface area contributed by atoms with E-state index in [4.69, 9.17) is 9.52 Å². The van der Waals surface area contributed by atoms with Crippen LogP contribution in [-0.4, -0.2) is 54.5 Å². The lowest BCUT2D eigenvalue weighted by atomic mass is 9.78. The van der Waals surface area contributed by atoms with Gasteiger partial charge in [0.15, 0.2) is 0 Å². The lowest BCUT2D eigenvalue weighted by molar-refractivity contribution is 0.293. The summed E-state index contributed by atoms with van der Waals surface area (Å²) in [6.45, 7) is 4.84. The highest BCUT2D eigenvalue weighted by atomic mass is 16.4. The van der Waals surface area contributed by atoms with Gasteiger partial charge in [0.25, 0.3) is 0 Å². The molecule has 0 spiro atoms. The number of para-hydroxylation sites is 1. The average Bonchev–Trinajstić information content (AvgIpc) is 3.29. The largest absolute Gasteiger partial charge is 0.507 e. The molecule has 6 nitrogen and oxygen atoms in total. The summed E-state index contributed by atoms with van der Waals surface area (Å²) in [6.07, 6.45) is 2.35. The van der Waals surface area contributed by atoms with Gasteiger partial charge in [0.2, 0.25) is 0 Å². The zero-order chi connectivity index (χ0) is 22.7. The van der Waals surface area contributed by atoms with Gasteiger partial charge in [0.05, 0.1) is 10.9 Å². The van der Waals surface area contributed by atoms with Crippen LogP contribution in [0.1, 0.15) is 36.8 Å². The van der Waals surface area contributed by atoms with Gasteiger partial charge in [-0.3, -0.25) is 0 Å². The summed E-state index contributed by atoms with van der Waals surface area (Å²) in [6, 6.07) is 17.0. The molecular formula is C26H31N3O3. The molecule has 168 valence electrons. The third-order valence-electron chi connectivity index (χ3n) is 6.24. The Balaban J connectivity index is 1.93. The number of fused-ring (bicyclic) bond motifs is 1. The number of hydrogen-bond donors (Lipinski definition) is 1. The summed E-state index contributed by atoms with van der Waals surface area (Å²) in [5.74, 6) is -0.496. The molecule has 0 unspecified atom stereocenters. The van der Waals surface area contributed by atoms with Crippen molar-refractivity contribution in [2.24, 2.45) is 11.0 Å². The molecule has 32 heavy (non-hydrogen) atoms. The summed E-state index contributed by atoms with van der Waals surface area (Å²) < 4.78 is 5.68. The molecule has 2 atom stereocenters. The summed E-state index contributed by atoms with van der Waals surface area (Å²) in [7, 11) is 3.80. The van der Waals surface area contributed by atoms with Crippen LogP contribution in [-0.2, 0) is 0 Å². The number of benzene rings is 2. The fourth-order valence-corrected chi connectivity index (χ4v) is 4.79. The number of rotatable bonds is 7. The Morgan fingerprint density at radius 1 is 1.09 bits per heavy atom. The van der Waals surface area contributed by atoms with E-state index in [-0.39, 0.29) is 17.6 Å². The second-order valence-electron chi connectivity index (χ2n) is 8.74. The number of likely N-dealkylation sites (tertiary alicyclic amines) is 1. The number of hydrazone groups is 1. The minimum absolute atomic E-state index is 0.00484. The Labute approximate surface area is 188 Å². The monoisotopic (exact) mass is 433 g/mol. The lowest BCUT2D eigenvalue weighted by Gasteiger charge is -2.31. The molecule has 3 aromatic rings. The van der Waals surface area contributed by atoms with E-state index in [0.717, 1.165) is 30.9 Å². The van der Waals surface area contributed by atoms with Crippen molar-refractivity contribution in [2.45, 2.75) is 25.7 Å². The zero-order valence-corrected chi connectivity index (χ0v) is 19.0. The Morgan fingerprint density at radius 2 is 1.75 bits per heavy atom. The maximum absolute atomic E-state index is 13.3. The van der Waals surface area contributed by atoms with Crippen LogP contribution in [0.2, 0.25) is 0 Å². The highest BCUT2D eigenvalue weighted by molar-refractivity contribution is 5.88. The van der Waals surface area contributed by atoms with Crippen LogP contribution in [0.4, 0.5) is 0 Å². The molecule has 1 fully saturated rings. The van der Waals surface area contributed by atoms with Crippen LogP contribution >= 0.6 is 0 Å². The van der Waals surface area contributed by atoms with E-state index < -0.39 is 5.63 Å². The predicted molar refractivity (Wildman–Crippen MR) is 128 cm³/mol. The Bertz CT molecular complexity index is 1150. The van der Waals surface area contributed by atoms with Gasteiger partial charge in [-0.25, -0.2) is 4.79 Å². The van der Waals surface area contributed by atoms with Crippen molar-refractivity contribution in [3.63, 3.8) is 0 Å². The SMILES string of the molecule is C/C(=N/N(C)C)[C@H](CN1CCCC1)[C@@H](c1ccccc1)c1c(O)c2ccccc2oc1=O. The molecule has 0 aliphatic carbocycles. The second kappa shape index (κ2) is 9.57. The van der Waals surface area contributed by atoms with Gasteiger partial charge >= 0.3 is 5.63 Å². The van der Waals surface area contributed by atoms with E-state index in [2.05, 4.69) is 4.90 Å². The molecule has 4 rings (SSSR count). The van der Waals surface area contributed by atoms with Crippen molar-refractivity contribution >= 4 is 16.7 Å². The van der Waals surface area contributed by atoms with Crippen LogP contribution in [0.5, 0.6) is 5.75 Å². The fraction of sp³-hybridized carbons (Fsp3) is 0.385. The van der Waals surface area contributed by atoms with E-state index in [9.17, 15) is 9.90 Å². The first-order valence-corrected chi connectivity index (χ1v) is 11.2. The van der Waals surface area contributed by atoms with E-state index >= 15 is 0 Å². The van der Waals surface area contributed by atoms with Crippen molar-refractivity contribution in [3.8, 4) is 5.75 Å². The Kier molecular flexibility index (Phi) is 6.61. The summed E-state index contributed by atoms with van der Waals surface area (Å²) in [4.78, 5) is 15.7. The Morgan fingerprint density at radius 3 is 2.44 bits per heavy atom. The van der Waals surface area contributed by atoms with Crippen molar-refractivity contribution in [3.05, 3.63) is 76.1 Å². The summed E-state index contributed by atoms with van der Waals surface area (Å²) in [5.41, 5.74) is 2.07. The van der Waals surface area contributed by atoms with E-state index in [1.54, 1.807) is 23.2 Å². The normalized spacial score (nSPS) is 16.9. The van der Waals surface area contributed by atoms with Crippen molar-refractivity contribution in [1.82, 2.24) is 9.91 Å². The molecule has 0 saturated carbocycles. The van der Waals surface area contributed by atoms with Gasteiger partial charge < -0.3 is 19.4 Å². The van der Waals surface area contributed by atoms with Gasteiger partial charge in [0, 0.05) is 38.2 Å². The first kappa shape index (κ1) is 22.1. The summed E-state index contributed by atoms with van der Waals surface area (Å²) >= 11 is 0. The lowest BCUT2D eigenvalue weighted by Crippen LogP contribution is -2.36. The highest BCUT2D eigenvalue weighted by Crippen LogP contribution is 2.39. The van der Waals surface area contributed by atoms with Gasteiger partial charge in [-0.2, -0.15) is 5.10 Å². The van der Waals surface area contributed by atoms with Crippen LogP contribution < -0.4 is 5.63 Å². The van der Waals surface area contributed by atoms with Crippen LogP contribution in [0.3, 0.4) is 0 Å². The molecule has 1 aliphatic rings. The maximum atomic E-state index is 13.3. The van der Waals surface area contributed by atoms with Gasteiger partial charge in [-0.05, 0) is 50.6 Å². The molecule has 1 saturated heterocycles. The second-order valence-corrected chi connectivity index (χ2v) is 8.74. The molecule has 0 radical (unpaired) electrons. The molecular weight excluding hydrogens is 402 g/mol. The van der Waals surface area contributed by atoms with Gasteiger partial charge in [-0.1, -0.05) is 42.5 Å². The maximum Gasteiger partial charge on any atom is 0.343 e. The molecule has 0 amide bonds. The molecule has 1 aliphatic heterocycles. The van der Waals surface area contributed by atoms with Crippen LogP contribution in [0.15, 0.2) is 68.9 Å². The van der Waals surface area contributed by atoms with Crippen molar-refractivity contribution in [2.75, 3.05) is 33.7 Å². The zero-order valence-electron chi connectivity index (χ0n) is 19.0. The first-order chi connectivity index (χ1) is 15.5. The standard InChI is InChI=1S/C26H31N3O3/c1-18(27-28(2)3)21(17-29-15-9-10-16-29)23(19-11-5-4-6-12-19)24-25(30)20-13-7-8-14-22(20)32-26(24)31/h4-8,11-14,21,23,30H,9-10,15-17H2,1-3H3/b27-18-/t21-,23+/m0/s1. The molecule has 6 heteroatoms. The minimum atomic E-state index is -0.501. The molecule has 2 aromatic carbocycles. The number of nitrogens with zero attached hydrogens (tertiary/aromatic N) is 3. The number of hydrogen-bond acceptors (Lipinski definition) is 6. The smallest absolute Gasteiger partial charge is 0.343 e. The minimum Gasteiger partial charge on any atom is -0.507 e. The third kappa shape index (κ3) is 4.55. The van der Waals surface area contributed by atoms with E-state index in [0.29, 0.717) is 16.5 Å². The predicted octanol–water partition coefficient (Wildman–Crippen LogP) is 4.28. The van der Waals surface area contributed by atoms with E-state index in [1.807, 2.05) is 57.4 Å². The first-order valence-electron chi connectivity index (χ1n) is 11.2. The molecule has 1 N–H and O–H groups in total. The van der Waals surface area contributed by atoms with Crippen LogP contribution in [0, 0.1) is 5.92 Å². The van der Waals surface area contributed by atoms with Crippen molar-refractivity contribution in [1.29, 1.82) is 0 Å². The van der Waals surface area contributed by atoms with Crippen LogP contribution in [0.25, 0.3) is 11.0 Å². The highest BCUT2D eigenvalue weighted by Gasteiger charge is 2.35. The Hall–Kier alpha value is -3.12. The average molecular weight is 434 g/mol. The summed E-state index contributed by atoms with van der Waals surface area (Å²) in [5, 5.41) is 18.4. The fourth-order valence-electron chi connectivity index (χ4n) is 4.79. The quantitative estimate of drug-likeness (QED) is 0.342. The molecule has 2 heterocycles. The van der Waals surface area contributed by atoms with Gasteiger partial charge in [0.1, 0.15) is 11.3 Å². The van der Waals surface area contributed by atoms with Gasteiger partial charge in [-0.15, -0.1) is 0 Å². The van der Waals surface area contributed by atoms with Crippen molar-refractivity contribution < 1.29 is 9.52 Å².